The van der Waals surface area contributed by atoms with Crippen LogP contribution >= 0.6 is 0 Å². The zero-order chi connectivity index (χ0) is 25.5. The normalized spacial score (nSPS) is 14.5. The summed E-state index contributed by atoms with van der Waals surface area (Å²) in [5, 5.41) is 13.4. The summed E-state index contributed by atoms with van der Waals surface area (Å²) >= 11 is 0. The topological polar surface area (TPSA) is 81.8 Å². The van der Waals surface area contributed by atoms with Crippen LogP contribution in [0.5, 0.6) is 0 Å². The third-order valence-electron chi connectivity index (χ3n) is 7.56. The Kier molecular flexibility index (Phi) is 5.83. The van der Waals surface area contributed by atoms with Crippen LogP contribution < -0.4 is 15.8 Å². The molecule has 3 aromatic carbocycles. The molecule has 1 amide bonds. The van der Waals surface area contributed by atoms with Crippen molar-refractivity contribution in [3.8, 4) is 0 Å². The highest BCUT2D eigenvalue weighted by Crippen LogP contribution is 2.33. The molecule has 1 aliphatic heterocycles. The molecule has 0 spiro atoms. The molecule has 0 aliphatic carbocycles. The number of piperidine rings is 1. The van der Waals surface area contributed by atoms with Gasteiger partial charge in [0.2, 0.25) is 11.5 Å². The van der Waals surface area contributed by atoms with Crippen LogP contribution in [0.4, 0.5) is 11.4 Å². The van der Waals surface area contributed by atoms with Gasteiger partial charge in [-0.15, -0.1) is 0 Å². The van der Waals surface area contributed by atoms with Crippen molar-refractivity contribution in [2.24, 2.45) is 0 Å². The summed E-state index contributed by atoms with van der Waals surface area (Å²) in [6, 6.07) is 23.3. The van der Waals surface area contributed by atoms with Gasteiger partial charge in [0.1, 0.15) is 0 Å². The average Bonchev–Trinajstić information content (AvgIpc) is 3.49. The van der Waals surface area contributed by atoms with Crippen LogP contribution in [0.25, 0.3) is 21.9 Å². The van der Waals surface area contributed by atoms with Crippen molar-refractivity contribution in [3.05, 3.63) is 89.7 Å². The fourth-order valence-electron chi connectivity index (χ4n) is 5.81. The smallest absolute Gasteiger partial charge is 0.221 e. The van der Waals surface area contributed by atoms with E-state index in [1.807, 2.05) is 18.3 Å². The van der Waals surface area contributed by atoms with E-state index in [-0.39, 0.29) is 11.9 Å². The van der Waals surface area contributed by atoms with Crippen molar-refractivity contribution in [2.75, 3.05) is 23.3 Å². The third kappa shape index (κ3) is 4.20. The quantitative estimate of drug-likeness (QED) is 0.300. The molecule has 37 heavy (non-hydrogen) atoms. The number of aromatic nitrogens is 3. The second-order valence-electron chi connectivity index (χ2n) is 10.0. The first kappa shape index (κ1) is 23.2. The van der Waals surface area contributed by atoms with Crippen molar-refractivity contribution < 1.29 is 4.79 Å². The number of rotatable bonds is 5. The maximum atomic E-state index is 11.8. The Bertz CT molecular complexity index is 1660. The number of amides is 1. The highest BCUT2D eigenvalue weighted by molar-refractivity contribution is 5.93. The number of benzene rings is 3. The van der Waals surface area contributed by atoms with Gasteiger partial charge in [0.15, 0.2) is 0 Å². The van der Waals surface area contributed by atoms with Gasteiger partial charge in [0, 0.05) is 43.2 Å². The van der Waals surface area contributed by atoms with E-state index in [1.165, 1.54) is 16.5 Å². The summed E-state index contributed by atoms with van der Waals surface area (Å²) in [6.07, 6.45) is 3.85. The highest BCUT2D eigenvalue weighted by atomic mass is 16.1. The fraction of sp³-hybridized carbons (Fsp3) is 0.267. The molecule has 0 radical (unpaired) electrons. The molecular weight excluding hydrogens is 460 g/mol. The lowest BCUT2D eigenvalue weighted by Crippen LogP contribution is -2.38. The molecule has 2 aromatic heterocycles. The lowest BCUT2D eigenvalue weighted by molar-refractivity contribution is -0.114. The third-order valence-corrected chi connectivity index (χ3v) is 7.56. The number of fused-ring (bicyclic) bond motifs is 2. The molecule has 7 heteroatoms. The minimum atomic E-state index is -0.0578. The van der Waals surface area contributed by atoms with Crippen LogP contribution in [0.2, 0.25) is 0 Å². The standard InChI is InChI=1S/C30H32N6O/c1-20-10-11-26(33-21(2)37)29(18-20)34-16-13-23(14-17-34)36-28-9-4-3-8-27(28)35(30(36)31)19-22-6-5-7-25-24(22)12-15-32-25/h3-12,15,18,23,31-32H,13-14,16-17,19H2,1-2H3,(H,33,37). The SMILES string of the molecule is CC(=O)Nc1ccc(C)cc1N1CCC(n2c(=N)n(Cc3cccc4[nH]ccc34)c3ccccc32)CC1. The fourth-order valence-corrected chi connectivity index (χ4v) is 5.81. The molecular formula is C30H32N6O. The maximum Gasteiger partial charge on any atom is 0.221 e. The maximum absolute atomic E-state index is 11.8. The molecule has 0 atom stereocenters. The molecule has 1 fully saturated rings. The van der Waals surface area contributed by atoms with Crippen molar-refractivity contribution in [1.29, 1.82) is 5.41 Å². The van der Waals surface area contributed by atoms with Crippen LogP contribution in [0, 0.1) is 12.3 Å². The lowest BCUT2D eigenvalue weighted by Gasteiger charge is -2.35. The van der Waals surface area contributed by atoms with E-state index in [2.05, 4.69) is 85.9 Å². The zero-order valence-electron chi connectivity index (χ0n) is 21.3. The molecule has 5 aromatic rings. The number of imidazole rings is 1. The van der Waals surface area contributed by atoms with Crippen LogP contribution in [0.3, 0.4) is 0 Å². The van der Waals surface area contributed by atoms with E-state index in [9.17, 15) is 10.2 Å². The number of hydrogen-bond donors (Lipinski definition) is 3. The van der Waals surface area contributed by atoms with Crippen molar-refractivity contribution >= 4 is 39.2 Å². The number of nitrogens with zero attached hydrogens (tertiary/aromatic N) is 3. The molecule has 7 nitrogen and oxygen atoms in total. The molecule has 3 N–H and O–H groups in total. The van der Waals surface area contributed by atoms with Gasteiger partial charge in [0.25, 0.3) is 0 Å². The first-order chi connectivity index (χ1) is 18.0. The Labute approximate surface area is 215 Å². The molecule has 0 saturated carbocycles. The van der Waals surface area contributed by atoms with E-state index in [4.69, 9.17) is 0 Å². The van der Waals surface area contributed by atoms with E-state index in [0.29, 0.717) is 12.2 Å². The van der Waals surface area contributed by atoms with E-state index >= 15 is 0 Å². The first-order valence-corrected chi connectivity index (χ1v) is 12.9. The van der Waals surface area contributed by atoms with Gasteiger partial charge in [-0.3, -0.25) is 10.2 Å². The number of para-hydroxylation sites is 2. The summed E-state index contributed by atoms with van der Waals surface area (Å²) in [4.78, 5) is 17.4. The van der Waals surface area contributed by atoms with Crippen molar-refractivity contribution in [3.63, 3.8) is 0 Å². The predicted molar refractivity (Wildman–Crippen MR) is 149 cm³/mol. The molecule has 1 saturated heterocycles. The Balaban J connectivity index is 1.31. The Morgan fingerprint density at radius 2 is 1.81 bits per heavy atom. The summed E-state index contributed by atoms with van der Waals surface area (Å²) in [5.41, 5.74) is 8.19. The number of carbonyl (C=O) groups is 1. The molecule has 188 valence electrons. The zero-order valence-corrected chi connectivity index (χ0v) is 21.3. The first-order valence-electron chi connectivity index (χ1n) is 12.9. The van der Waals surface area contributed by atoms with Gasteiger partial charge in [-0.1, -0.05) is 30.3 Å². The van der Waals surface area contributed by atoms with Gasteiger partial charge in [-0.2, -0.15) is 0 Å². The summed E-state index contributed by atoms with van der Waals surface area (Å²) in [6.45, 7) is 6.03. The molecule has 0 bridgehead atoms. The van der Waals surface area contributed by atoms with E-state index < -0.39 is 0 Å². The molecule has 1 aliphatic rings. The highest BCUT2D eigenvalue weighted by Gasteiger charge is 2.26. The average molecular weight is 493 g/mol. The van der Waals surface area contributed by atoms with Gasteiger partial charge in [-0.05, 0) is 67.3 Å². The Morgan fingerprint density at radius 1 is 1.03 bits per heavy atom. The number of H-pyrrole nitrogens is 1. The summed E-state index contributed by atoms with van der Waals surface area (Å²) in [7, 11) is 0. The van der Waals surface area contributed by atoms with Crippen molar-refractivity contribution in [2.45, 2.75) is 39.3 Å². The minimum Gasteiger partial charge on any atom is -0.370 e. The minimum absolute atomic E-state index is 0.0578. The summed E-state index contributed by atoms with van der Waals surface area (Å²) < 4.78 is 4.37. The van der Waals surface area contributed by atoms with Crippen LogP contribution in [-0.4, -0.2) is 33.1 Å². The predicted octanol–water partition coefficient (Wildman–Crippen LogP) is 5.56. The molecule has 3 heterocycles. The van der Waals surface area contributed by atoms with Crippen LogP contribution in [0.1, 0.15) is 36.9 Å². The van der Waals surface area contributed by atoms with Gasteiger partial charge in [-0.25, -0.2) is 0 Å². The van der Waals surface area contributed by atoms with E-state index in [1.54, 1.807) is 6.92 Å². The van der Waals surface area contributed by atoms with Gasteiger partial charge >= 0.3 is 0 Å². The van der Waals surface area contributed by atoms with Crippen LogP contribution in [-0.2, 0) is 11.3 Å². The number of anilines is 2. The Morgan fingerprint density at radius 3 is 2.59 bits per heavy atom. The number of carbonyl (C=O) groups excluding carboxylic acids is 1. The van der Waals surface area contributed by atoms with Gasteiger partial charge in [0.05, 0.1) is 29.0 Å². The largest absolute Gasteiger partial charge is 0.370 e. The Hall–Kier alpha value is -4.26. The summed E-state index contributed by atoms with van der Waals surface area (Å²) in [5.74, 6) is -0.0578. The molecule has 0 unspecified atom stereocenters. The number of nitrogens with one attached hydrogen (secondary N) is 3. The van der Waals surface area contributed by atoms with E-state index in [0.717, 1.165) is 53.9 Å². The second-order valence-corrected chi connectivity index (χ2v) is 10.0. The number of aromatic amines is 1. The van der Waals surface area contributed by atoms with Crippen molar-refractivity contribution in [1.82, 2.24) is 14.1 Å². The van der Waals surface area contributed by atoms with Gasteiger partial charge < -0.3 is 24.3 Å². The second kappa shape index (κ2) is 9.32. The number of hydrogen-bond acceptors (Lipinski definition) is 3. The lowest BCUT2D eigenvalue weighted by atomic mass is 10.0. The molecule has 6 rings (SSSR count). The monoisotopic (exact) mass is 492 g/mol. The van der Waals surface area contributed by atoms with Crippen LogP contribution in [0.15, 0.2) is 72.9 Å². The number of aryl methyl sites for hydroxylation is 1.